The summed E-state index contributed by atoms with van der Waals surface area (Å²) in [6.07, 6.45) is -0.497. The Morgan fingerprint density at radius 2 is 1.45 bits per heavy atom. The number of hydroxylamine groups is 2. The number of fused-ring (bicyclic) bond motifs is 2. The van der Waals surface area contributed by atoms with Crippen LogP contribution in [0.4, 0.5) is 4.79 Å². The minimum atomic E-state index is -1.05. The molecule has 0 bridgehead atoms. The maximum atomic E-state index is 13.1. The third-order valence-corrected chi connectivity index (χ3v) is 5.09. The zero-order valence-electron chi connectivity index (χ0n) is 17.5. The summed E-state index contributed by atoms with van der Waals surface area (Å²) in [6.45, 7) is 5.34. The van der Waals surface area contributed by atoms with E-state index >= 15 is 0 Å². The Bertz CT molecular complexity index is 1050. The highest BCUT2D eigenvalue weighted by Gasteiger charge is 2.43. The van der Waals surface area contributed by atoms with Gasteiger partial charge in [-0.3, -0.25) is 14.5 Å². The van der Waals surface area contributed by atoms with E-state index in [1.807, 2.05) is 24.3 Å². The van der Waals surface area contributed by atoms with Crippen LogP contribution in [0.25, 0.3) is 0 Å². The molecule has 1 unspecified atom stereocenters. The molecule has 31 heavy (non-hydrogen) atoms. The van der Waals surface area contributed by atoms with Crippen LogP contribution in [0, 0.1) is 0 Å². The first-order valence-electron chi connectivity index (χ1n) is 9.92. The topological polar surface area (TPSA) is 93.2 Å². The van der Waals surface area contributed by atoms with Crippen LogP contribution < -0.4 is 0 Å². The standard InChI is InChI=1S/C23H22N2O6/c1-23(2,3)30-22(29)24-13-15-9-5-4-8-14(15)12-18(24)21(28)31-25-19(26)16-10-6-7-11-17(16)20(25)27/h4-11,18H,12-13H2,1-3H3. The molecule has 2 aromatic carbocycles. The molecule has 2 aliphatic rings. The fraction of sp³-hybridized carbons (Fsp3) is 0.304. The second-order valence-electron chi connectivity index (χ2n) is 8.46. The summed E-state index contributed by atoms with van der Waals surface area (Å²) in [4.78, 5) is 57.5. The Balaban J connectivity index is 1.59. The van der Waals surface area contributed by atoms with Crippen molar-refractivity contribution in [2.75, 3.05) is 0 Å². The van der Waals surface area contributed by atoms with E-state index in [9.17, 15) is 19.2 Å². The minimum absolute atomic E-state index is 0.146. The molecule has 3 amide bonds. The largest absolute Gasteiger partial charge is 0.444 e. The lowest BCUT2D eigenvalue weighted by molar-refractivity contribution is -0.175. The molecule has 2 aromatic rings. The first-order chi connectivity index (χ1) is 14.7. The molecule has 0 saturated heterocycles. The van der Waals surface area contributed by atoms with E-state index < -0.39 is 35.5 Å². The summed E-state index contributed by atoms with van der Waals surface area (Å²) in [7, 11) is 0. The molecule has 1 atom stereocenters. The number of imide groups is 1. The van der Waals surface area contributed by atoms with Crippen LogP contribution in [-0.4, -0.2) is 45.5 Å². The third kappa shape index (κ3) is 3.88. The molecular formula is C23H22N2O6. The lowest BCUT2D eigenvalue weighted by atomic mass is 9.94. The molecule has 0 radical (unpaired) electrons. The summed E-state index contributed by atoms with van der Waals surface area (Å²) in [5, 5.41) is 0.459. The van der Waals surface area contributed by atoms with Gasteiger partial charge in [-0.15, -0.1) is 0 Å². The first-order valence-corrected chi connectivity index (χ1v) is 9.92. The molecule has 0 N–H and O–H groups in total. The van der Waals surface area contributed by atoms with Crippen LogP contribution in [0.3, 0.4) is 0 Å². The van der Waals surface area contributed by atoms with Crippen molar-refractivity contribution in [1.29, 1.82) is 0 Å². The fourth-order valence-corrected chi connectivity index (χ4v) is 3.65. The van der Waals surface area contributed by atoms with Crippen molar-refractivity contribution >= 4 is 23.9 Å². The van der Waals surface area contributed by atoms with Gasteiger partial charge in [0.15, 0.2) is 0 Å². The molecule has 2 heterocycles. The Kier molecular flexibility index (Phi) is 5.00. The molecule has 0 fully saturated rings. The van der Waals surface area contributed by atoms with Crippen molar-refractivity contribution in [2.45, 2.75) is 45.4 Å². The molecular weight excluding hydrogens is 400 g/mol. The van der Waals surface area contributed by atoms with E-state index in [0.29, 0.717) is 5.06 Å². The van der Waals surface area contributed by atoms with Gasteiger partial charge in [0.1, 0.15) is 11.6 Å². The number of rotatable bonds is 2. The average Bonchev–Trinajstić information content (AvgIpc) is 2.96. The molecule has 2 aliphatic heterocycles. The predicted molar refractivity (Wildman–Crippen MR) is 109 cm³/mol. The second-order valence-corrected chi connectivity index (χ2v) is 8.46. The van der Waals surface area contributed by atoms with Crippen LogP contribution in [-0.2, 0) is 27.3 Å². The highest BCUT2D eigenvalue weighted by atomic mass is 16.7. The van der Waals surface area contributed by atoms with Crippen molar-refractivity contribution in [3.63, 3.8) is 0 Å². The molecule has 0 aromatic heterocycles. The van der Waals surface area contributed by atoms with E-state index in [1.165, 1.54) is 17.0 Å². The highest BCUT2D eigenvalue weighted by Crippen LogP contribution is 2.28. The van der Waals surface area contributed by atoms with Gasteiger partial charge >= 0.3 is 12.1 Å². The Morgan fingerprint density at radius 1 is 0.903 bits per heavy atom. The maximum absolute atomic E-state index is 13.1. The number of hydrogen-bond acceptors (Lipinski definition) is 6. The lowest BCUT2D eigenvalue weighted by Gasteiger charge is -2.36. The van der Waals surface area contributed by atoms with Gasteiger partial charge in [0.2, 0.25) is 0 Å². The van der Waals surface area contributed by atoms with Gasteiger partial charge in [0.25, 0.3) is 11.8 Å². The predicted octanol–water partition coefficient (Wildman–Crippen LogP) is 3.10. The fourth-order valence-electron chi connectivity index (χ4n) is 3.65. The summed E-state index contributed by atoms with van der Waals surface area (Å²) in [5.74, 6) is -2.31. The summed E-state index contributed by atoms with van der Waals surface area (Å²) in [5.41, 5.74) is 1.34. The smallest absolute Gasteiger partial charge is 0.411 e. The van der Waals surface area contributed by atoms with Crippen LogP contribution in [0.5, 0.6) is 0 Å². The van der Waals surface area contributed by atoms with Crippen LogP contribution in [0.15, 0.2) is 48.5 Å². The van der Waals surface area contributed by atoms with E-state index in [-0.39, 0.29) is 24.1 Å². The zero-order chi connectivity index (χ0) is 22.3. The number of ether oxygens (including phenoxy) is 1. The zero-order valence-corrected chi connectivity index (χ0v) is 17.5. The molecule has 0 aliphatic carbocycles. The van der Waals surface area contributed by atoms with Gasteiger partial charge in [-0.05, 0) is 44.0 Å². The second kappa shape index (κ2) is 7.54. The molecule has 0 spiro atoms. The number of amides is 3. The minimum Gasteiger partial charge on any atom is -0.444 e. The van der Waals surface area contributed by atoms with E-state index in [2.05, 4.69) is 0 Å². The van der Waals surface area contributed by atoms with Gasteiger partial charge in [0.05, 0.1) is 17.7 Å². The Hall–Kier alpha value is -3.68. The molecule has 8 nitrogen and oxygen atoms in total. The van der Waals surface area contributed by atoms with Crippen molar-refractivity contribution in [3.05, 3.63) is 70.8 Å². The average molecular weight is 422 g/mol. The quantitative estimate of drug-likeness (QED) is 0.691. The summed E-state index contributed by atoms with van der Waals surface area (Å²) < 4.78 is 5.47. The molecule has 4 rings (SSSR count). The van der Waals surface area contributed by atoms with Crippen molar-refractivity contribution < 1.29 is 28.8 Å². The van der Waals surface area contributed by atoms with Crippen molar-refractivity contribution in [3.8, 4) is 0 Å². The number of nitrogens with zero attached hydrogens (tertiary/aromatic N) is 2. The molecule has 0 saturated carbocycles. The van der Waals surface area contributed by atoms with Gasteiger partial charge < -0.3 is 9.57 Å². The van der Waals surface area contributed by atoms with E-state index in [4.69, 9.17) is 9.57 Å². The Labute approximate surface area is 179 Å². The summed E-state index contributed by atoms with van der Waals surface area (Å²) in [6, 6.07) is 12.6. The van der Waals surface area contributed by atoms with Crippen LogP contribution in [0.1, 0.15) is 52.6 Å². The van der Waals surface area contributed by atoms with Gasteiger partial charge in [0, 0.05) is 6.42 Å². The van der Waals surface area contributed by atoms with E-state index in [0.717, 1.165) is 11.1 Å². The maximum Gasteiger partial charge on any atom is 0.411 e. The Morgan fingerprint density at radius 3 is 2.03 bits per heavy atom. The number of benzene rings is 2. The molecule has 8 heteroatoms. The number of carbonyl (C=O) groups is 4. The van der Waals surface area contributed by atoms with E-state index in [1.54, 1.807) is 32.9 Å². The van der Waals surface area contributed by atoms with Crippen LogP contribution >= 0.6 is 0 Å². The van der Waals surface area contributed by atoms with Crippen molar-refractivity contribution in [2.24, 2.45) is 0 Å². The van der Waals surface area contributed by atoms with Crippen LogP contribution in [0.2, 0.25) is 0 Å². The number of carbonyl (C=O) groups excluding carboxylic acids is 4. The lowest BCUT2D eigenvalue weighted by Crippen LogP contribution is -2.52. The van der Waals surface area contributed by atoms with Gasteiger partial charge in [-0.2, -0.15) is 0 Å². The first kappa shape index (κ1) is 20.6. The normalized spacial score (nSPS) is 17.8. The summed E-state index contributed by atoms with van der Waals surface area (Å²) >= 11 is 0. The van der Waals surface area contributed by atoms with Crippen molar-refractivity contribution in [1.82, 2.24) is 9.96 Å². The van der Waals surface area contributed by atoms with Gasteiger partial charge in [-0.25, -0.2) is 9.59 Å². The molecule has 160 valence electrons. The third-order valence-electron chi connectivity index (χ3n) is 5.09. The highest BCUT2D eigenvalue weighted by molar-refractivity contribution is 6.20. The number of hydrogen-bond donors (Lipinski definition) is 0. The monoisotopic (exact) mass is 422 g/mol. The SMILES string of the molecule is CC(C)(C)OC(=O)N1Cc2ccccc2CC1C(=O)ON1C(=O)c2ccccc2C1=O. The van der Waals surface area contributed by atoms with Gasteiger partial charge in [-0.1, -0.05) is 41.5 Å².